The van der Waals surface area contributed by atoms with Crippen LogP contribution in [-0.4, -0.2) is 35.7 Å². The minimum absolute atomic E-state index is 0.0983. The van der Waals surface area contributed by atoms with Crippen molar-refractivity contribution >= 4 is 17.7 Å². The van der Waals surface area contributed by atoms with E-state index in [0.717, 1.165) is 45.1 Å². The summed E-state index contributed by atoms with van der Waals surface area (Å²) in [5.74, 6) is 0.175. The zero-order chi connectivity index (χ0) is 15.2. The first kappa shape index (κ1) is 15.7. The molecule has 2 rings (SSSR count). The molecule has 5 heteroatoms. The SMILES string of the molecule is CCCCNC(=O)C1CCC(CN2C(=O)C=CC2=O)CC1. The van der Waals surface area contributed by atoms with Crippen molar-refractivity contribution in [3.8, 4) is 0 Å². The van der Waals surface area contributed by atoms with Gasteiger partial charge in [0.25, 0.3) is 11.8 Å². The highest BCUT2D eigenvalue weighted by Gasteiger charge is 2.30. The first-order chi connectivity index (χ1) is 10.1. The molecular formula is C16H24N2O3. The van der Waals surface area contributed by atoms with E-state index in [2.05, 4.69) is 12.2 Å². The molecule has 0 unspecified atom stereocenters. The van der Waals surface area contributed by atoms with Crippen molar-refractivity contribution in [3.63, 3.8) is 0 Å². The summed E-state index contributed by atoms with van der Waals surface area (Å²) in [6.45, 7) is 3.36. The molecule has 0 aromatic rings. The third-order valence-corrected chi connectivity index (χ3v) is 4.39. The monoisotopic (exact) mass is 292 g/mol. The molecule has 2 aliphatic rings. The number of nitrogens with zero attached hydrogens (tertiary/aromatic N) is 1. The lowest BCUT2D eigenvalue weighted by Crippen LogP contribution is -2.38. The molecule has 1 aliphatic heterocycles. The molecule has 3 amide bonds. The van der Waals surface area contributed by atoms with Crippen LogP contribution in [0.5, 0.6) is 0 Å². The lowest BCUT2D eigenvalue weighted by molar-refractivity contribution is -0.138. The van der Waals surface area contributed by atoms with E-state index in [4.69, 9.17) is 0 Å². The highest BCUT2D eigenvalue weighted by Crippen LogP contribution is 2.30. The molecule has 1 saturated carbocycles. The Balaban J connectivity index is 1.72. The summed E-state index contributed by atoms with van der Waals surface area (Å²) in [6.07, 6.45) is 8.28. The molecule has 1 N–H and O–H groups in total. The lowest BCUT2D eigenvalue weighted by Gasteiger charge is -2.30. The third-order valence-electron chi connectivity index (χ3n) is 4.39. The Hall–Kier alpha value is -1.65. The van der Waals surface area contributed by atoms with Crippen molar-refractivity contribution in [1.29, 1.82) is 0 Å². The average molecular weight is 292 g/mol. The van der Waals surface area contributed by atoms with Crippen LogP contribution in [0.2, 0.25) is 0 Å². The van der Waals surface area contributed by atoms with Gasteiger partial charge in [0.15, 0.2) is 0 Å². The van der Waals surface area contributed by atoms with E-state index in [9.17, 15) is 14.4 Å². The lowest BCUT2D eigenvalue weighted by atomic mass is 9.81. The summed E-state index contributed by atoms with van der Waals surface area (Å²) in [5, 5.41) is 2.99. The van der Waals surface area contributed by atoms with Crippen molar-refractivity contribution in [2.45, 2.75) is 45.4 Å². The van der Waals surface area contributed by atoms with Crippen molar-refractivity contribution in [1.82, 2.24) is 10.2 Å². The van der Waals surface area contributed by atoms with Gasteiger partial charge in [0.2, 0.25) is 5.91 Å². The second kappa shape index (κ2) is 7.38. The average Bonchev–Trinajstić information content (AvgIpc) is 2.80. The van der Waals surface area contributed by atoms with Gasteiger partial charge in [0.1, 0.15) is 0 Å². The van der Waals surface area contributed by atoms with E-state index in [1.165, 1.54) is 17.1 Å². The Morgan fingerprint density at radius 2 is 1.81 bits per heavy atom. The van der Waals surface area contributed by atoms with Gasteiger partial charge in [-0.1, -0.05) is 13.3 Å². The first-order valence-electron chi connectivity index (χ1n) is 7.93. The standard InChI is InChI=1S/C16H24N2O3/c1-2-3-10-17-16(21)13-6-4-12(5-7-13)11-18-14(19)8-9-15(18)20/h8-9,12-13H,2-7,10-11H2,1H3,(H,17,21). The number of rotatable bonds is 6. The molecule has 0 atom stereocenters. The van der Waals surface area contributed by atoms with Gasteiger partial charge < -0.3 is 5.32 Å². The van der Waals surface area contributed by atoms with Gasteiger partial charge in [-0.3, -0.25) is 19.3 Å². The number of imide groups is 1. The number of unbranched alkanes of at least 4 members (excludes halogenated alkanes) is 1. The summed E-state index contributed by atoms with van der Waals surface area (Å²) in [6, 6.07) is 0. The van der Waals surface area contributed by atoms with Crippen molar-refractivity contribution < 1.29 is 14.4 Å². The van der Waals surface area contributed by atoms with Crippen LogP contribution in [0.25, 0.3) is 0 Å². The van der Waals surface area contributed by atoms with Gasteiger partial charge in [-0.15, -0.1) is 0 Å². The van der Waals surface area contributed by atoms with Crippen molar-refractivity contribution in [3.05, 3.63) is 12.2 Å². The molecule has 0 radical (unpaired) electrons. The van der Waals surface area contributed by atoms with E-state index in [0.29, 0.717) is 12.5 Å². The Bertz CT molecular complexity index is 419. The highest BCUT2D eigenvalue weighted by molar-refractivity contribution is 6.12. The summed E-state index contributed by atoms with van der Waals surface area (Å²) < 4.78 is 0. The predicted molar refractivity (Wildman–Crippen MR) is 79.2 cm³/mol. The van der Waals surface area contributed by atoms with Gasteiger partial charge >= 0.3 is 0 Å². The van der Waals surface area contributed by atoms with Crippen LogP contribution in [0.15, 0.2) is 12.2 Å². The van der Waals surface area contributed by atoms with Gasteiger partial charge in [0.05, 0.1) is 0 Å². The van der Waals surface area contributed by atoms with E-state index in [1.54, 1.807) is 0 Å². The fraction of sp³-hybridized carbons (Fsp3) is 0.688. The second-order valence-electron chi connectivity index (χ2n) is 5.98. The molecule has 1 fully saturated rings. The number of amides is 3. The molecule has 21 heavy (non-hydrogen) atoms. The molecule has 116 valence electrons. The van der Waals surface area contributed by atoms with Crippen LogP contribution in [0.4, 0.5) is 0 Å². The number of carbonyl (C=O) groups excluding carboxylic acids is 3. The molecule has 0 aromatic heterocycles. The van der Waals surface area contributed by atoms with E-state index < -0.39 is 0 Å². The fourth-order valence-corrected chi connectivity index (χ4v) is 3.01. The Morgan fingerprint density at radius 3 is 2.38 bits per heavy atom. The maximum absolute atomic E-state index is 12.0. The molecule has 5 nitrogen and oxygen atoms in total. The topological polar surface area (TPSA) is 66.5 Å². The van der Waals surface area contributed by atoms with Crippen molar-refractivity contribution in [2.24, 2.45) is 11.8 Å². The first-order valence-corrected chi connectivity index (χ1v) is 7.93. The Labute approximate surface area is 125 Å². The van der Waals surface area contributed by atoms with E-state index >= 15 is 0 Å². The molecule has 1 heterocycles. The van der Waals surface area contributed by atoms with E-state index in [-0.39, 0.29) is 23.6 Å². The molecule has 0 bridgehead atoms. The minimum Gasteiger partial charge on any atom is -0.356 e. The predicted octanol–water partition coefficient (Wildman–Crippen LogP) is 1.63. The number of hydrogen-bond acceptors (Lipinski definition) is 3. The van der Waals surface area contributed by atoms with Crippen molar-refractivity contribution in [2.75, 3.05) is 13.1 Å². The number of hydrogen-bond donors (Lipinski definition) is 1. The highest BCUT2D eigenvalue weighted by atomic mass is 16.2. The largest absolute Gasteiger partial charge is 0.356 e. The Morgan fingerprint density at radius 1 is 1.19 bits per heavy atom. The smallest absolute Gasteiger partial charge is 0.253 e. The minimum atomic E-state index is -0.209. The van der Waals surface area contributed by atoms with Crippen LogP contribution in [0.3, 0.4) is 0 Å². The van der Waals surface area contributed by atoms with Crippen LogP contribution >= 0.6 is 0 Å². The zero-order valence-electron chi connectivity index (χ0n) is 12.6. The Kier molecular flexibility index (Phi) is 5.53. The van der Waals surface area contributed by atoms with Crippen LogP contribution in [0, 0.1) is 11.8 Å². The normalized spacial score (nSPS) is 25.5. The van der Waals surface area contributed by atoms with Gasteiger partial charge in [0, 0.05) is 31.2 Å². The maximum atomic E-state index is 12.0. The number of carbonyl (C=O) groups is 3. The molecule has 1 aliphatic carbocycles. The van der Waals surface area contributed by atoms with E-state index in [1.807, 2.05) is 0 Å². The molecular weight excluding hydrogens is 268 g/mol. The summed E-state index contributed by atoms with van der Waals surface area (Å²) in [7, 11) is 0. The zero-order valence-corrected chi connectivity index (χ0v) is 12.6. The van der Waals surface area contributed by atoms with Gasteiger partial charge in [-0.2, -0.15) is 0 Å². The van der Waals surface area contributed by atoms with Crippen LogP contribution < -0.4 is 5.32 Å². The summed E-state index contributed by atoms with van der Waals surface area (Å²) in [5.41, 5.74) is 0. The summed E-state index contributed by atoms with van der Waals surface area (Å²) in [4.78, 5) is 36.4. The van der Waals surface area contributed by atoms with Crippen LogP contribution in [0.1, 0.15) is 45.4 Å². The van der Waals surface area contributed by atoms with Gasteiger partial charge in [-0.05, 0) is 38.0 Å². The second-order valence-corrected chi connectivity index (χ2v) is 5.98. The molecule has 0 spiro atoms. The fourth-order valence-electron chi connectivity index (χ4n) is 3.01. The van der Waals surface area contributed by atoms with Gasteiger partial charge in [-0.25, -0.2) is 0 Å². The quantitative estimate of drug-likeness (QED) is 0.598. The summed E-state index contributed by atoms with van der Waals surface area (Å²) >= 11 is 0. The number of nitrogens with one attached hydrogen (secondary N) is 1. The maximum Gasteiger partial charge on any atom is 0.253 e. The third kappa shape index (κ3) is 4.16. The molecule has 0 aromatic carbocycles. The van der Waals surface area contributed by atoms with Crippen LogP contribution in [-0.2, 0) is 14.4 Å². The molecule has 0 saturated heterocycles.